The molecule has 5 rings (SSSR count). The minimum Gasteiger partial charge on any atom is -0.454 e. The number of carbonyl (C=O) groups excluding carboxylic acids is 1. The topological polar surface area (TPSA) is 110 Å². The second-order valence-corrected chi connectivity index (χ2v) is 10.7. The number of aromatic amines is 1. The van der Waals surface area contributed by atoms with Crippen LogP contribution in [0.15, 0.2) is 87.7 Å². The van der Waals surface area contributed by atoms with Gasteiger partial charge in [0.25, 0.3) is 0 Å². The molecule has 0 atom stereocenters. The van der Waals surface area contributed by atoms with Crippen LogP contribution in [0.1, 0.15) is 5.56 Å². The van der Waals surface area contributed by atoms with Crippen LogP contribution < -0.4 is 14.8 Å². The number of H-pyrrole nitrogens is 1. The number of anilines is 1. The molecule has 0 spiro atoms. The fourth-order valence-electron chi connectivity index (χ4n) is 3.49. The molecule has 1 aromatic heterocycles. The van der Waals surface area contributed by atoms with Gasteiger partial charge < -0.3 is 19.8 Å². The largest absolute Gasteiger partial charge is 0.454 e. The molecule has 10 heteroatoms. The first-order valence-corrected chi connectivity index (χ1v) is 13.2. The van der Waals surface area contributed by atoms with E-state index in [9.17, 15) is 13.2 Å². The zero-order chi connectivity index (χ0) is 24.4. The van der Waals surface area contributed by atoms with E-state index in [4.69, 9.17) is 9.47 Å². The molecule has 1 aliphatic rings. The molecule has 0 saturated heterocycles. The van der Waals surface area contributed by atoms with Crippen molar-refractivity contribution in [1.29, 1.82) is 0 Å². The summed E-state index contributed by atoms with van der Waals surface area (Å²) in [6, 6.07) is 21.0. The molecule has 4 aromatic rings. The summed E-state index contributed by atoms with van der Waals surface area (Å²) in [4.78, 5) is 20.3. The van der Waals surface area contributed by atoms with Gasteiger partial charge >= 0.3 is 0 Å². The molecule has 0 radical (unpaired) electrons. The van der Waals surface area contributed by atoms with E-state index >= 15 is 0 Å². The van der Waals surface area contributed by atoms with Crippen LogP contribution in [0.4, 0.5) is 5.69 Å². The van der Waals surface area contributed by atoms with Gasteiger partial charge in [-0.05, 0) is 31.2 Å². The van der Waals surface area contributed by atoms with Gasteiger partial charge in [0.2, 0.25) is 22.5 Å². The first kappa shape index (κ1) is 23.0. The van der Waals surface area contributed by atoms with Gasteiger partial charge in [0.1, 0.15) is 10.9 Å². The molecule has 0 unspecified atom stereocenters. The quantitative estimate of drug-likeness (QED) is 0.350. The van der Waals surface area contributed by atoms with Crippen LogP contribution in [0, 0.1) is 6.92 Å². The number of aryl methyl sites for hydroxylation is 1. The van der Waals surface area contributed by atoms with Gasteiger partial charge in [-0.15, -0.1) is 0 Å². The number of ether oxygens (including phenoxy) is 2. The Labute approximate surface area is 206 Å². The van der Waals surface area contributed by atoms with E-state index in [1.54, 1.807) is 42.5 Å². The van der Waals surface area contributed by atoms with E-state index < -0.39 is 9.84 Å². The lowest BCUT2D eigenvalue weighted by atomic mass is 10.2. The molecule has 0 aliphatic carbocycles. The number of sulfone groups is 1. The van der Waals surface area contributed by atoms with Crippen molar-refractivity contribution < 1.29 is 22.7 Å². The fraction of sp³-hybridized carbons (Fsp3) is 0.120. The number of nitrogens with zero attached hydrogens (tertiary/aromatic N) is 1. The summed E-state index contributed by atoms with van der Waals surface area (Å²) in [5, 5.41) is 2.98. The van der Waals surface area contributed by atoms with Crippen LogP contribution in [0.5, 0.6) is 11.5 Å². The second kappa shape index (κ2) is 9.47. The molecule has 35 heavy (non-hydrogen) atoms. The molecular weight excluding hydrogens is 486 g/mol. The smallest absolute Gasteiger partial charge is 0.234 e. The summed E-state index contributed by atoms with van der Waals surface area (Å²) in [6.45, 7) is 2.03. The number of thioether (sulfide) groups is 1. The number of aromatic nitrogens is 2. The molecule has 0 bridgehead atoms. The summed E-state index contributed by atoms with van der Waals surface area (Å²) >= 11 is 1.05. The molecule has 178 valence electrons. The SMILES string of the molecule is Cc1ccc(S(=O)(=O)c2[nH]c(-c3ccccc3)nc2SCC(=O)Nc2ccc3c(c2)OCO3)cc1. The Morgan fingerprint density at radius 2 is 1.77 bits per heavy atom. The molecule has 0 saturated carbocycles. The Morgan fingerprint density at radius 3 is 2.54 bits per heavy atom. The van der Waals surface area contributed by atoms with Crippen LogP contribution >= 0.6 is 11.8 Å². The Hall–Kier alpha value is -3.76. The number of carbonyl (C=O) groups is 1. The van der Waals surface area contributed by atoms with Crippen molar-refractivity contribution in [1.82, 2.24) is 9.97 Å². The van der Waals surface area contributed by atoms with Crippen LogP contribution in [-0.2, 0) is 14.6 Å². The highest BCUT2D eigenvalue weighted by Crippen LogP contribution is 2.35. The first-order chi connectivity index (χ1) is 16.9. The van der Waals surface area contributed by atoms with E-state index in [-0.39, 0.29) is 33.4 Å². The highest BCUT2D eigenvalue weighted by molar-refractivity contribution is 8.00. The summed E-state index contributed by atoms with van der Waals surface area (Å²) in [5.74, 6) is 1.24. The number of imidazole rings is 1. The lowest BCUT2D eigenvalue weighted by Crippen LogP contribution is -2.14. The van der Waals surface area contributed by atoms with E-state index in [1.807, 2.05) is 37.3 Å². The van der Waals surface area contributed by atoms with Crippen molar-refractivity contribution >= 4 is 33.2 Å². The van der Waals surface area contributed by atoms with Crippen LogP contribution in [0.3, 0.4) is 0 Å². The molecule has 0 fully saturated rings. The molecular formula is C25H21N3O5S2. The van der Waals surface area contributed by atoms with Crippen molar-refractivity contribution in [2.75, 3.05) is 17.9 Å². The molecule has 1 amide bonds. The van der Waals surface area contributed by atoms with Crippen molar-refractivity contribution in [2.24, 2.45) is 0 Å². The van der Waals surface area contributed by atoms with E-state index in [0.29, 0.717) is 23.0 Å². The Kier molecular flexibility index (Phi) is 6.23. The standard InChI is InChI=1S/C25H21N3O5S2/c1-16-7-10-19(11-8-16)35(30,31)25-24(27-23(28-25)17-5-3-2-4-6-17)34-14-22(29)26-18-9-12-20-21(13-18)33-15-32-20/h2-13H,14-15H2,1H3,(H,26,29)(H,27,28). The van der Waals surface area contributed by atoms with E-state index in [1.165, 1.54) is 0 Å². The minimum atomic E-state index is -3.89. The number of hydrogen-bond donors (Lipinski definition) is 2. The number of amides is 1. The van der Waals surface area contributed by atoms with Crippen molar-refractivity contribution in [3.8, 4) is 22.9 Å². The third kappa shape index (κ3) is 4.89. The summed E-state index contributed by atoms with van der Waals surface area (Å²) in [6.07, 6.45) is 0. The first-order valence-electron chi connectivity index (χ1n) is 10.7. The summed E-state index contributed by atoms with van der Waals surface area (Å²) in [7, 11) is -3.89. The molecule has 3 aromatic carbocycles. The Balaban J connectivity index is 1.40. The lowest BCUT2D eigenvalue weighted by molar-refractivity contribution is -0.113. The predicted molar refractivity (Wildman–Crippen MR) is 133 cm³/mol. The third-order valence-electron chi connectivity index (χ3n) is 5.28. The summed E-state index contributed by atoms with van der Waals surface area (Å²) < 4.78 is 37.5. The number of benzene rings is 3. The van der Waals surface area contributed by atoms with Gasteiger partial charge in [0, 0.05) is 17.3 Å². The van der Waals surface area contributed by atoms with E-state index in [2.05, 4.69) is 15.3 Å². The van der Waals surface area contributed by atoms with Gasteiger partial charge in [-0.2, -0.15) is 0 Å². The Morgan fingerprint density at radius 1 is 1.03 bits per heavy atom. The molecule has 8 nitrogen and oxygen atoms in total. The average Bonchev–Trinajstić information content (AvgIpc) is 3.51. The number of rotatable bonds is 7. The second-order valence-electron chi connectivity index (χ2n) is 7.81. The van der Waals surface area contributed by atoms with Crippen LogP contribution in [0.25, 0.3) is 11.4 Å². The zero-order valence-electron chi connectivity index (χ0n) is 18.6. The summed E-state index contributed by atoms with van der Waals surface area (Å²) in [5.41, 5.74) is 2.25. The zero-order valence-corrected chi connectivity index (χ0v) is 20.3. The highest BCUT2D eigenvalue weighted by atomic mass is 32.2. The molecule has 1 aliphatic heterocycles. The maximum Gasteiger partial charge on any atom is 0.234 e. The van der Waals surface area contributed by atoms with Gasteiger partial charge in [0.15, 0.2) is 16.5 Å². The lowest BCUT2D eigenvalue weighted by Gasteiger charge is -2.07. The fourth-order valence-corrected chi connectivity index (χ4v) is 5.92. The predicted octanol–water partition coefficient (Wildman–Crippen LogP) is 4.68. The number of nitrogens with one attached hydrogen (secondary N) is 2. The van der Waals surface area contributed by atoms with Gasteiger partial charge in [-0.25, -0.2) is 13.4 Å². The van der Waals surface area contributed by atoms with Gasteiger partial charge in [-0.3, -0.25) is 4.79 Å². The van der Waals surface area contributed by atoms with Crippen LogP contribution in [0.2, 0.25) is 0 Å². The Bertz CT molecular complexity index is 1480. The monoisotopic (exact) mass is 507 g/mol. The van der Waals surface area contributed by atoms with Gasteiger partial charge in [0.05, 0.1) is 10.6 Å². The minimum absolute atomic E-state index is 0.0378. The number of hydrogen-bond acceptors (Lipinski definition) is 7. The molecule has 2 heterocycles. The number of fused-ring (bicyclic) bond motifs is 1. The maximum atomic E-state index is 13.4. The normalized spacial score (nSPS) is 12.5. The van der Waals surface area contributed by atoms with Crippen molar-refractivity contribution in [2.45, 2.75) is 21.9 Å². The van der Waals surface area contributed by atoms with Crippen molar-refractivity contribution in [3.05, 3.63) is 78.4 Å². The van der Waals surface area contributed by atoms with Crippen molar-refractivity contribution in [3.63, 3.8) is 0 Å². The van der Waals surface area contributed by atoms with E-state index in [0.717, 1.165) is 22.9 Å². The highest BCUT2D eigenvalue weighted by Gasteiger charge is 2.27. The van der Waals surface area contributed by atoms with Gasteiger partial charge in [-0.1, -0.05) is 59.8 Å². The maximum absolute atomic E-state index is 13.4. The average molecular weight is 508 g/mol. The van der Waals surface area contributed by atoms with Crippen LogP contribution in [-0.4, -0.2) is 36.8 Å². The molecule has 2 N–H and O–H groups in total. The third-order valence-corrected chi connectivity index (χ3v) is 8.11.